The van der Waals surface area contributed by atoms with Crippen LogP contribution < -0.4 is 0 Å². The summed E-state index contributed by atoms with van der Waals surface area (Å²) in [5.74, 6) is 0. The fourth-order valence-corrected chi connectivity index (χ4v) is 11.2. The van der Waals surface area contributed by atoms with Gasteiger partial charge in [-0.25, -0.2) is 0 Å². The summed E-state index contributed by atoms with van der Waals surface area (Å²) in [6.45, 7) is 0. The van der Waals surface area contributed by atoms with Gasteiger partial charge in [0, 0.05) is 0 Å². The number of rotatable bonds is 0. The number of hydrogen-bond donors (Lipinski definition) is 0. The molecule has 0 aliphatic rings. The first-order valence-electron chi connectivity index (χ1n) is 9.46. The zero-order valence-electron chi connectivity index (χ0n) is 14.9. The van der Waals surface area contributed by atoms with Crippen molar-refractivity contribution in [2.24, 2.45) is 0 Å². The fourth-order valence-electron chi connectivity index (χ4n) is 4.75. The Morgan fingerprint density at radius 2 is 0.714 bits per heavy atom. The standard InChI is InChI=1S/C26H14Te2/c1-3-11-19-15(7-1)23-17-9-5-14-22-26(17)24(16-8-2-4-12-20(16)28-22)18-10-6-13-21(27-19)25(18)23/h1-14H. The van der Waals surface area contributed by atoms with Gasteiger partial charge in [-0.1, -0.05) is 0 Å². The van der Waals surface area contributed by atoms with Gasteiger partial charge in [0.2, 0.25) is 0 Å². The summed E-state index contributed by atoms with van der Waals surface area (Å²) < 4.78 is 6.36. The van der Waals surface area contributed by atoms with Gasteiger partial charge in [-0.2, -0.15) is 0 Å². The molecule has 0 N–H and O–H groups in total. The summed E-state index contributed by atoms with van der Waals surface area (Å²) in [6.07, 6.45) is 0. The van der Waals surface area contributed by atoms with Crippen molar-refractivity contribution in [3.05, 3.63) is 84.9 Å². The summed E-state index contributed by atoms with van der Waals surface area (Å²) in [5, 5.41) is 11.9. The van der Waals surface area contributed by atoms with Crippen molar-refractivity contribution in [1.29, 1.82) is 0 Å². The van der Waals surface area contributed by atoms with E-state index in [1.807, 2.05) is 0 Å². The number of benzene rings is 5. The van der Waals surface area contributed by atoms with E-state index in [1.54, 1.807) is 13.6 Å². The van der Waals surface area contributed by atoms with E-state index in [9.17, 15) is 0 Å². The van der Waals surface area contributed by atoms with Crippen LogP contribution in [0.4, 0.5) is 0 Å². The topological polar surface area (TPSA) is 0 Å². The average Bonchev–Trinajstić information content (AvgIpc) is 2.75. The first-order valence-corrected chi connectivity index (χ1v) is 14.1. The second-order valence-corrected chi connectivity index (χ2v) is 13.5. The van der Waals surface area contributed by atoms with Gasteiger partial charge in [0.1, 0.15) is 0 Å². The van der Waals surface area contributed by atoms with Gasteiger partial charge in [0.05, 0.1) is 0 Å². The van der Waals surface area contributed by atoms with E-state index in [1.165, 1.54) is 43.1 Å². The van der Waals surface area contributed by atoms with Gasteiger partial charge in [-0.05, 0) is 0 Å². The van der Waals surface area contributed by atoms with E-state index in [0.717, 1.165) is 0 Å². The van der Waals surface area contributed by atoms with Crippen LogP contribution in [0.1, 0.15) is 0 Å². The molecule has 5 aromatic carbocycles. The quantitative estimate of drug-likeness (QED) is 0.106. The van der Waals surface area contributed by atoms with Crippen molar-refractivity contribution in [2.45, 2.75) is 0 Å². The number of fused-ring (bicyclic) bond motifs is 6. The average molecular weight is 582 g/mol. The SMILES string of the molecule is c1ccc2c(c1)[te]c1cccc3c1c2c1cccc2[te]c4ccccc4c3c21. The Kier molecular flexibility index (Phi) is 3.36. The molecule has 2 heterocycles. The van der Waals surface area contributed by atoms with Crippen molar-refractivity contribution in [3.8, 4) is 0 Å². The Balaban J connectivity index is 1.98. The van der Waals surface area contributed by atoms with Gasteiger partial charge in [-0.15, -0.1) is 0 Å². The fraction of sp³-hybridized carbons (Fsp3) is 0. The molecule has 0 saturated carbocycles. The molecule has 2 aromatic heterocycles. The summed E-state index contributed by atoms with van der Waals surface area (Å²) in [4.78, 5) is 0. The van der Waals surface area contributed by atoms with E-state index >= 15 is 0 Å². The van der Waals surface area contributed by atoms with E-state index in [-0.39, 0.29) is 40.9 Å². The van der Waals surface area contributed by atoms with Crippen LogP contribution in [0.25, 0.3) is 56.7 Å². The minimum atomic E-state index is -0.353. The zero-order valence-corrected chi connectivity index (χ0v) is 19.6. The van der Waals surface area contributed by atoms with Gasteiger partial charge in [0.25, 0.3) is 0 Å². The third kappa shape index (κ3) is 2.02. The second kappa shape index (κ2) is 5.86. The summed E-state index contributed by atoms with van der Waals surface area (Å²) >= 11 is -0.706. The summed E-state index contributed by atoms with van der Waals surface area (Å²) in [5.41, 5.74) is 0. The van der Waals surface area contributed by atoms with Crippen molar-refractivity contribution in [3.63, 3.8) is 0 Å². The molecule has 0 amide bonds. The zero-order chi connectivity index (χ0) is 18.2. The third-order valence-corrected chi connectivity index (χ3v) is 12.3. The molecule has 2 heteroatoms. The van der Waals surface area contributed by atoms with E-state index < -0.39 is 0 Å². The summed E-state index contributed by atoms with van der Waals surface area (Å²) in [6, 6.07) is 32.4. The Hall–Kier alpha value is -1.80. The Labute approximate surface area is 181 Å². The first-order chi connectivity index (χ1) is 13.9. The van der Waals surface area contributed by atoms with Crippen molar-refractivity contribution >= 4 is 97.6 Å². The normalized spacial score (nSPS) is 12.3. The molecule has 28 heavy (non-hydrogen) atoms. The summed E-state index contributed by atoms with van der Waals surface area (Å²) in [7, 11) is 0. The van der Waals surface area contributed by atoms with Crippen LogP contribution in [0, 0.1) is 0 Å². The van der Waals surface area contributed by atoms with Crippen LogP contribution in [-0.2, 0) is 0 Å². The molecule has 0 aliphatic heterocycles. The Morgan fingerprint density at radius 3 is 1.21 bits per heavy atom. The molecule has 0 aliphatic carbocycles. The Morgan fingerprint density at radius 1 is 0.321 bits per heavy atom. The molecule has 0 radical (unpaired) electrons. The molecule has 7 aromatic rings. The van der Waals surface area contributed by atoms with Crippen molar-refractivity contribution in [1.82, 2.24) is 0 Å². The molecule has 0 bridgehead atoms. The van der Waals surface area contributed by atoms with Crippen LogP contribution >= 0.6 is 0 Å². The minimum absolute atomic E-state index is 0.353. The van der Waals surface area contributed by atoms with Gasteiger partial charge in [0.15, 0.2) is 0 Å². The van der Waals surface area contributed by atoms with Gasteiger partial charge >= 0.3 is 182 Å². The van der Waals surface area contributed by atoms with E-state index in [0.29, 0.717) is 0 Å². The molecule has 0 atom stereocenters. The van der Waals surface area contributed by atoms with Crippen LogP contribution in [0.3, 0.4) is 0 Å². The van der Waals surface area contributed by atoms with Crippen molar-refractivity contribution < 1.29 is 0 Å². The van der Waals surface area contributed by atoms with E-state index in [4.69, 9.17) is 0 Å². The maximum absolute atomic E-state index is 2.38. The second-order valence-electron chi connectivity index (χ2n) is 7.30. The van der Waals surface area contributed by atoms with Gasteiger partial charge in [-0.3, -0.25) is 0 Å². The van der Waals surface area contributed by atoms with Crippen LogP contribution in [0.2, 0.25) is 0 Å². The van der Waals surface area contributed by atoms with Crippen LogP contribution in [-0.4, -0.2) is 40.9 Å². The first kappa shape index (κ1) is 16.0. The van der Waals surface area contributed by atoms with Crippen molar-refractivity contribution in [2.75, 3.05) is 0 Å². The monoisotopic (exact) mass is 586 g/mol. The van der Waals surface area contributed by atoms with Crippen LogP contribution in [0.5, 0.6) is 0 Å². The number of hydrogen-bond acceptors (Lipinski definition) is 0. The molecule has 0 nitrogen and oxygen atoms in total. The molecule has 0 unspecified atom stereocenters. The molecule has 130 valence electrons. The molecule has 0 fully saturated rings. The third-order valence-electron chi connectivity index (χ3n) is 5.84. The maximum atomic E-state index is 2.38. The van der Waals surface area contributed by atoms with Crippen LogP contribution in [0.15, 0.2) is 84.9 Å². The molecule has 7 rings (SSSR count). The predicted octanol–water partition coefficient (Wildman–Crippen LogP) is 6.72. The molecular formula is C26H14Te2. The predicted molar refractivity (Wildman–Crippen MR) is 125 cm³/mol. The molecule has 0 saturated heterocycles. The van der Waals surface area contributed by atoms with E-state index in [2.05, 4.69) is 84.9 Å². The Bertz CT molecular complexity index is 1580. The molecule has 0 spiro atoms. The van der Waals surface area contributed by atoms with Gasteiger partial charge < -0.3 is 0 Å². The molecular weight excluding hydrogens is 567 g/mol.